The third kappa shape index (κ3) is 5.36. The van der Waals surface area contributed by atoms with Gasteiger partial charge in [0.2, 0.25) is 0 Å². The number of hydrogen-bond acceptors (Lipinski definition) is 4. The average Bonchev–Trinajstić information content (AvgIpc) is 2.53. The van der Waals surface area contributed by atoms with Gasteiger partial charge in [0.1, 0.15) is 17.3 Å². The lowest BCUT2D eigenvalue weighted by Crippen LogP contribution is -2.17. The van der Waals surface area contributed by atoms with E-state index in [0.29, 0.717) is 42.6 Å². The van der Waals surface area contributed by atoms with Crippen LogP contribution in [0.25, 0.3) is 0 Å². The Kier molecular flexibility index (Phi) is 7.75. The predicted molar refractivity (Wildman–Crippen MR) is 86.5 cm³/mol. The number of rotatable bonds is 5. The van der Waals surface area contributed by atoms with E-state index in [4.69, 9.17) is 9.84 Å². The Morgan fingerprint density at radius 2 is 2.04 bits per heavy atom. The highest BCUT2D eigenvalue weighted by Gasteiger charge is 2.23. The molecule has 1 aromatic rings. The summed E-state index contributed by atoms with van der Waals surface area (Å²) in [7, 11) is 0. The number of hydrogen-bond donors (Lipinski definition) is 2. The van der Waals surface area contributed by atoms with Gasteiger partial charge in [-0.3, -0.25) is 4.79 Å². The van der Waals surface area contributed by atoms with Crippen molar-refractivity contribution in [1.82, 2.24) is 0 Å². The number of aryl methyl sites for hydroxylation is 2. The van der Waals surface area contributed by atoms with Gasteiger partial charge in [0.25, 0.3) is 0 Å². The molecule has 5 heteroatoms. The topological polar surface area (TPSA) is 66.8 Å². The van der Waals surface area contributed by atoms with Gasteiger partial charge in [0, 0.05) is 18.4 Å². The van der Waals surface area contributed by atoms with Crippen LogP contribution in [0.3, 0.4) is 0 Å². The fraction of sp³-hybridized carbons (Fsp3) is 0.500. The maximum atomic E-state index is 13.8. The fourth-order valence-corrected chi connectivity index (χ4v) is 2.55. The summed E-state index contributed by atoms with van der Waals surface area (Å²) in [4.78, 5) is 11.4. The number of ether oxygens (including phenoxy) is 1. The number of aliphatic hydroxyl groups excluding tert-OH is 1. The van der Waals surface area contributed by atoms with Crippen LogP contribution in [0.1, 0.15) is 44.2 Å². The van der Waals surface area contributed by atoms with Crippen LogP contribution in [-0.4, -0.2) is 22.8 Å². The quantitative estimate of drug-likeness (QED) is 0.812. The molecule has 0 bridgehead atoms. The minimum atomic E-state index is -0.477. The molecule has 1 aliphatic rings. The minimum absolute atomic E-state index is 0.0160. The Morgan fingerprint density at radius 1 is 1.35 bits per heavy atom. The van der Waals surface area contributed by atoms with Crippen molar-refractivity contribution in [2.24, 2.45) is 5.92 Å². The van der Waals surface area contributed by atoms with Crippen molar-refractivity contribution >= 4 is 5.78 Å². The van der Waals surface area contributed by atoms with Gasteiger partial charge in [0.15, 0.2) is 12.6 Å². The molecule has 0 spiro atoms. The average molecular weight is 324 g/mol. The molecular weight excluding hydrogens is 299 g/mol. The normalized spacial score (nSPS) is 17.2. The van der Waals surface area contributed by atoms with Gasteiger partial charge in [-0.2, -0.15) is 0 Å². The summed E-state index contributed by atoms with van der Waals surface area (Å²) in [5.41, 5.74) is 0.946. The summed E-state index contributed by atoms with van der Waals surface area (Å²) in [5, 5.41) is 18.5. The third-order valence-corrected chi connectivity index (χ3v) is 3.80. The molecule has 1 aromatic carbocycles. The molecular formula is C18H25FO4. The lowest BCUT2D eigenvalue weighted by molar-refractivity contribution is -0.116. The number of halogens is 1. The van der Waals surface area contributed by atoms with Gasteiger partial charge in [0.05, 0.1) is 0 Å². The Morgan fingerprint density at radius 3 is 2.70 bits per heavy atom. The van der Waals surface area contributed by atoms with Crippen molar-refractivity contribution in [1.29, 1.82) is 0 Å². The molecule has 0 radical (unpaired) electrons. The van der Waals surface area contributed by atoms with Crippen LogP contribution in [0, 0.1) is 18.7 Å². The fourth-order valence-electron chi connectivity index (χ4n) is 2.55. The number of benzene rings is 1. The van der Waals surface area contributed by atoms with E-state index in [2.05, 4.69) is 0 Å². The first-order valence-corrected chi connectivity index (χ1v) is 7.97. The molecule has 0 amide bonds. The molecule has 23 heavy (non-hydrogen) atoms. The first-order valence-electron chi connectivity index (χ1n) is 7.97. The van der Waals surface area contributed by atoms with Crippen LogP contribution in [0.5, 0.6) is 5.75 Å². The highest BCUT2D eigenvalue weighted by molar-refractivity contribution is 5.90. The van der Waals surface area contributed by atoms with E-state index in [0.717, 1.165) is 0 Å². The van der Waals surface area contributed by atoms with Gasteiger partial charge in [-0.25, -0.2) is 4.39 Å². The van der Waals surface area contributed by atoms with Crippen LogP contribution in [0.4, 0.5) is 4.39 Å². The number of allylic oxidation sites excluding steroid dienone is 2. The number of phenolic OH excluding ortho intramolecular Hbond substituents is 1. The molecule has 0 saturated heterocycles. The van der Waals surface area contributed by atoms with Crippen LogP contribution in [0.15, 0.2) is 24.0 Å². The number of carbonyl (C=O) groups excluding carboxylic acids is 1. The number of carbonyl (C=O) groups is 1. The predicted octanol–water partition coefficient (Wildman–Crippen LogP) is 3.63. The van der Waals surface area contributed by atoms with Crippen molar-refractivity contribution in [2.75, 3.05) is 6.79 Å². The molecule has 4 nitrogen and oxygen atoms in total. The van der Waals surface area contributed by atoms with E-state index < -0.39 is 6.79 Å². The largest absolute Gasteiger partial charge is 0.508 e. The summed E-state index contributed by atoms with van der Waals surface area (Å²) in [6, 6.07) is 2.75. The molecule has 128 valence electrons. The SMILES string of the molecule is CC.Cc1cc(F)c(CCC2CCC(=O)C=C2OCO)cc1O. The Bertz CT molecular complexity index is 566. The van der Waals surface area contributed by atoms with E-state index >= 15 is 0 Å². The van der Waals surface area contributed by atoms with Gasteiger partial charge in [-0.05, 0) is 49.4 Å². The molecule has 0 aromatic heterocycles. The lowest BCUT2D eigenvalue weighted by Gasteiger charge is -2.23. The van der Waals surface area contributed by atoms with Crippen LogP contribution in [0.2, 0.25) is 0 Å². The van der Waals surface area contributed by atoms with E-state index in [-0.39, 0.29) is 23.3 Å². The monoisotopic (exact) mass is 324 g/mol. The Balaban J connectivity index is 0.00000127. The zero-order valence-electron chi connectivity index (χ0n) is 13.9. The first-order chi connectivity index (χ1) is 11.0. The van der Waals surface area contributed by atoms with Gasteiger partial charge in [-0.15, -0.1) is 0 Å². The number of ketones is 1. The summed E-state index contributed by atoms with van der Waals surface area (Å²) < 4.78 is 18.9. The zero-order valence-corrected chi connectivity index (χ0v) is 13.9. The minimum Gasteiger partial charge on any atom is -0.508 e. The molecule has 1 atom stereocenters. The van der Waals surface area contributed by atoms with Crippen LogP contribution >= 0.6 is 0 Å². The van der Waals surface area contributed by atoms with E-state index in [1.807, 2.05) is 13.8 Å². The van der Waals surface area contributed by atoms with E-state index in [1.54, 1.807) is 6.92 Å². The Hall–Kier alpha value is -1.88. The summed E-state index contributed by atoms with van der Waals surface area (Å²) >= 11 is 0. The van der Waals surface area contributed by atoms with Crippen molar-refractivity contribution in [2.45, 2.75) is 46.5 Å². The molecule has 2 rings (SSSR count). The number of aromatic hydroxyl groups is 1. The van der Waals surface area contributed by atoms with Gasteiger partial charge >= 0.3 is 0 Å². The van der Waals surface area contributed by atoms with Crippen molar-refractivity contribution in [3.63, 3.8) is 0 Å². The maximum Gasteiger partial charge on any atom is 0.185 e. The van der Waals surface area contributed by atoms with Crippen LogP contribution in [-0.2, 0) is 16.0 Å². The highest BCUT2D eigenvalue weighted by Crippen LogP contribution is 2.30. The lowest BCUT2D eigenvalue weighted by atomic mass is 9.88. The number of phenols is 1. The second-order valence-corrected chi connectivity index (χ2v) is 5.29. The van der Waals surface area contributed by atoms with E-state index in [9.17, 15) is 14.3 Å². The summed E-state index contributed by atoms with van der Waals surface area (Å²) in [5.74, 6) is 0.162. The molecule has 0 saturated carbocycles. The number of aliphatic hydroxyl groups is 1. The standard InChI is InChI=1S/C16H19FO4.C2H6/c1-10-6-14(17)12(7-15(10)20)3-2-11-4-5-13(19)8-16(11)21-9-18;1-2/h6-8,11,18,20H,2-5,9H2,1H3;1-2H3. The molecule has 1 aliphatic carbocycles. The summed E-state index contributed by atoms with van der Waals surface area (Å²) in [6.07, 6.45) is 3.51. The highest BCUT2D eigenvalue weighted by atomic mass is 19.1. The zero-order chi connectivity index (χ0) is 17.4. The second kappa shape index (κ2) is 9.30. The van der Waals surface area contributed by atoms with Crippen molar-refractivity contribution in [3.05, 3.63) is 40.9 Å². The Labute approximate surface area is 136 Å². The van der Waals surface area contributed by atoms with Gasteiger partial charge in [-0.1, -0.05) is 13.8 Å². The van der Waals surface area contributed by atoms with Crippen LogP contribution < -0.4 is 0 Å². The van der Waals surface area contributed by atoms with E-state index in [1.165, 1.54) is 18.2 Å². The smallest absolute Gasteiger partial charge is 0.185 e. The molecule has 0 fully saturated rings. The first kappa shape index (κ1) is 19.2. The molecule has 0 aliphatic heterocycles. The van der Waals surface area contributed by atoms with Crippen molar-refractivity contribution in [3.8, 4) is 5.75 Å². The molecule has 0 heterocycles. The maximum absolute atomic E-state index is 13.8. The summed E-state index contributed by atoms with van der Waals surface area (Å²) in [6.45, 7) is 5.17. The second-order valence-electron chi connectivity index (χ2n) is 5.29. The molecule has 1 unspecified atom stereocenters. The molecule has 2 N–H and O–H groups in total. The van der Waals surface area contributed by atoms with Crippen molar-refractivity contribution < 1.29 is 24.1 Å². The third-order valence-electron chi connectivity index (χ3n) is 3.80. The van der Waals surface area contributed by atoms with Gasteiger partial charge < -0.3 is 14.9 Å².